The molecule has 0 aliphatic carbocycles. The Bertz CT molecular complexity index is 1340. The van der Waals surface area contributed by atoms with Gasteiger partial charge in [0.25, 0.3) is 5.91 Å². The highest BCUT2D eigenvalue weighted by molar-refractivity contribution is 7.89. The van der Waals surface area contributed by atoms with Crippen molar-refractivity contribution >= 4 is 38.6 Å². The fourth-order valence-electron chi connectivity index (χ4n) is 3.76. The number of morpholine rings is 1. The normalized spacial score (nSPS) is 15.7. The topological polar surface area (TPSA) is 115 Å². The van der Waals surface area contributed by atoms with Crippen LogP contribution in [0.5, 0.6) is 0 Å². The summed E-state index contributed by atoms with van der Waals surface area (Å²) in [6.07, 6.45) is -1.14. The van der Waals surface area contributed by atoms with Gasteiger partial charge in [0.15, 0.2) is 6.10 Å². The average Bonchev–Trinajstić information content (AvgIpc) is 3.17. The molecular weight excluding hydrogens is 460 g/mol. The molecule has 1 aliphatic rings. The average molecular weight is 487 g/mol. The predicted octanol–water partition coefficient (Wildman–Crippen LogP) is 3.25. The molecule has 2 aromatic carbocycles. The van der Waals surface area contributed by atoms with E-state index in [1.807, 2.05) is 12.1 Å². The Hall–Kier alpha value is -3.21. The van der Waals surface area contributed by atoms with Gasteiger partial charge in [0, 0.05) is 29.7 Å². The minimum atomic E-state index is -3.74. The summed E-state index contributed by atoms with van der Waals surface area (Å²) in [6, 6.07) is 11.9. The van der Waals surface area contributed by atoms with E-state index in [0.717, 1.165) is 5.39 Å². The smallest absolute Gasteiger partial charge is 0.375 e. The first-order chi connectivity index (χ1) is 16.2. The zero-order valence-electron chi connectivity index (χ0n) is 19.2. The molecule has 1 atom stereocenters. The second-order valence-electron chi connectivity index (χ2n) is 8.09. The Kier molecular flexibility index (Phi) is 6.74. The number of hydrogen-bond acceptors (Lipinski definition) is 7. The van der Waals surface area contributed by atoms with Gasteiger partial charge in [-0.2, -0.15) is 4.31 Å². The number of benzene rings is 2. The van der Waals surface area contributed by atoms with Crippen LogP contribution in [-0.4, -0.2) is 57.0 Å². The molecule has 2 heterocycles. The number of rotatable bonds is 6. The third-order valence-corrected chi connectivity index (χ3v) is 7.77. The van der Waals surface area contributed by atoms with Gasteiger partial charge in [-0.25, -0.2) is 13.2 Å². The van der Waals surface area contributed by atoms with E-state index >= 15 is 0 Å². The Morgan fingerprint density at radius 3 is 2.50 bits per heavy atom. The number of hydrogen-bond donors (Lipinski definition) is 1. The maximum atomic E-state index is 13.1. The second kappa shape index (κ2) is 9.57. The lowest BCUT2D eigenvalue weighted by molar-refractivity contribution is -0.123. The first kappa shape index (κ1) is 23.9. The van der Waals surface area contributed by atoms with Crippen molar-refractivity contribution < 1.29 is 31.9 Å². The van der Waals surface area contributed by atoms with Crippen LogP contribution in [0, 0.1) is 13.8 Å². The maximum Gasteiger partial charge on any atom is 0.375 e. The summed E-state index contributed by atoms with van der Waals surface area (Å²) in [5.41, 5.74) is 2.02. The van der Waals surface area contributed by atoms with E-state index in [9.17, 15) is 18.0 Å². The molecule has 180 valence electrons. The van der Waals surface area contributed by atoms with Gasteiger partial charge in [-0.05, 0) is 44.5 Å². The largest absolute Gasteiger partial charge is 0.449 e. The molecule has 4 rings (SSSR count). The number of nitrogens with zero attached hydrogens (tertiary/aromatic N) is 1. The number of fused-ring (bicyclic) bond motifs is 1. The summed E-state index contributed by atoms with van der Waals surface area (Å²) in [7, 11) is -3.74. The Labute approximate surface area is 197 Å². The monoisotopic (exact) mass is 486 g/mol. The number of aryl methyl sites for hydroxylation is 2. The number of sulfonamides is 1. The molecule has 1 N–H and O–H groups in total. The van der Waals surface area contributed by atoms with E-state index in [1.54, 1.807) is 38.1 Å². The molecule has 3 aromatic rings. The van der Waals surface area contributed by atoms with Gasteiger partial charge < -0.3 is 19.2 Å². The molecule has 1 aromatic heterocycles. The van der Waals surface area contributed by atoms with Gasteiger partial charge in [0.05, 0.1) is 18.1 Å². The molecule has 1 amide bonds. The van der Waals surface area contributed by atoms with Crippen LogP contribution in [0.3, 0.4) is 0 Å². The number of esters is 1. The van der Waals surface area contributed by atoms with Crippen LogP contribution in [0.4, 0.5) is 5.69 Å². The Balaban J connectivity index is 1.47. The zero-order chi connectivity index (χ0) is 24.5. The number of carbonyl (C=O) groups excluding carboxylic acids is 2. The first-order valence-corrected chi connectivity index (χ1v) is 12.3. The minimum Gasteiger partial charge on any atom is -0.449 e. The van der Waals surface area contributed by atoms with Gasteiger partial charge >= 0.3 is 5.97 Å². The quantitative estimate of drug-likeness (QED) is 0.532. The highest BCUT2D eigenvalue weighted by Gasteiger charge is 2.29. The number of carbonyl (C=O) groups is 2. The SMILES string of the molecule is Cc1ccc(NC(=O)C(C)OC(=O)c2oc3ccccc3c2C)cc1S(=O)(=O)N1CCOCC1. The summed E-state index contributed by atoms with van der Waals surface area (Å²) in [6.45, 7) is 6.09. The molecule has 0 radical (unpaired) electrons. The number of amides is 1. The second-order valence-corrected chi connectivity index (χ2v) is 9.99. The van der Waals surface area contributed by atoms with Crippen LogP contribution in [0.25, 0.3) is 11.0 Å². The van der Waals surface area contributed by atoms with Crippen molar-refractivity contribution in [2.75, 3.05) is 31.6 Å². The van der Waals surface area contributed by atoms with Gasteiger partial charge in [-0.15, -0.1) is 0 Å². The van der Waals surface area contributed by atoms with E-state index < -0.39 is 28.0 Å². The Morgan fingerprint density at radius 2 is 1.79 bits per heavy atom. The van der Waals surface area contributed by atoms with Crippen molar-refractivity contribution in [2.24, 2.45) is 0 Å². The fourth-order valence-corrected chi connectivity index (χ4v) is 5.42. The number of furan rings is 1. The standard InChI is InChI=1S/C24H26N2O7S/c1-15-8-9-18(14-21(15)34(29,30)26-10-12-31-13-11-26)25-23(27)17(3)32-24(28)22-16(2)19-6-4-5-7-20(19)33-22/h4-9,14,17H,10-13H2,1-3H3,(H,25,27). The van der Waals surface area contributed by atoms with Crippen LogP contribution in [0.15, 0.2) is 51.8 Å². The summed E-state index contributed by atoms with van der Waals surface area (Å²) < 4.78 is 43.6. The molecule has 9 nitrogen and oxygen atoms in total. The highest BCUT2D eigenvalue weighted by atomic mass is 32.2. The van der Waals surface area contributed by atoms with E-state index in [2.05, 4.69) is 5.32 Å². The van der Waals surface area contributed by atoms with Crippen LogP contribution in [0.2, 0.25) is 0 Å². The van der Waals surface area contributed by atoms with Gasteiger partial charge in [-0.1, -0.05) is 24.3 Å². The maximum absolute atomic E-state index is 13.1. The molecule has 10 heteroatoms. The zero-order valence-corrected chi connectivity index (χ0v) is 20.0. The van der Waals surface area contributed by atoms with Crippen LogP contribution in [0.1, 0.15) is 28.6 Å². The minimum absolute atomic E-state index is 0.0371. The van der Waals surface area contributed by atoms with E-state index in [1.165, 1.54) is 17.3 Å². The lowest BCUT2D eigenvalue weighted by Crippen LogP contribution is -2.40. The van der Waals surface area contributed by atoms with Crippen molar-refractivity contribution in [2.45, 2.75) is 31.8 Å². The molecule has 1 unspecified atom stereocenters. The van der Waals surface area contributed by atoms with Crippen molar-refractivity contribution in [3.05, 3.63) is 59.4 Å². The number of para-hydroxylation sites is 1. The lowest BCUT2D eigenvalue weighted by Gasteiger charge is -2.27. The molecule has 1 fully saturated rings. The number of nitrogens with one attached hydrogen (secondary N) is 1. The van der Waals surface area contributed by atoms with Crippen molar-refractivity contribution in [1.29, 1.82) is 0 Å². The Morgan fingerprint density at radius 1 is 1.09 bits per heavy atom. The van der Waals surface area contributed by atoms with Crippen molar-refractivity contribution in [3.8, 4) is 0 Å². The summed E-state index contributed by atoms with van der Waals surface area (Å²) in [5, 5.41) is 3.42. The predicted molar refractivity (Wildman–Crippen MR) is 125 cm³/mol. The molecule has 1 saturated heterocycles. The third-order valence-electron chi connectivity index (χ3n) is 5.73. The molecule has 0 saturated carbocycles. The molecular formula is C24H26N2O7S. The highest BCUT2D eigenvalue weighted by Crippen LogP contribution is 2.27. The van der Waals surface area contributed by atoms with Crippen LogP contribution in [-0.2, 0) is 24.3 Å². The van der Waals surface area contributed by atoms with Gasteiger partial charge in [-0.3, -0.25) is 4.79 Å². The van der Waals surface area contributed by atoms with Crippen molar-refractivity contribution in [1.82, 2.24) is 4.31 Å². The van der Waals surface area contributed by atoms with E-state index in [4.69, 9.17) is 13.9 Å². The summed E-state index contributed by atoms with van der Waals surface area (Å²) in [5.74, 6) is -1.31. The van der Waals surface area contributed by atoms with Gasteiger partial charge in [0.2, 0.25) is 15.8 Å². The van der Waals surface area contributed by atoms with E-state index in [0.29, 0.717) is 29.9 Å². The lowest BCUT2D eigenvalue weighted by atomic mass is 10.1. The van der Waals surface area contributed by atoms with Crippen LogP contribution < -0.4 is 5.32 Å². The first-order valence-electron chi connectivity index (χ1n) is 10.9. The number of ether oxygens (including phenoxy) is 2. The molecule has 0 spiro atoms. The fraction of sp³-hybridized carbons (Fsp3) is 0.333. The third kappa shape index (κ3) is 4.70. The molecule has 34 heavy (non-hydrogen) atoms. The summed E-state index contributed by atoms with van der Waals surface area (Å²) >= 11 is 0. The van der Waals surface area contributed by atoms with Crippen molar-refractivity contribution in [3.63, 3.8) is 0 Å². The molecule has 0 bridgehead atoms. The number of anilines is 1. The van der Waals surface area contributed by atoms with Crippen LogP contribution >= 0.6 is 0 Å². The van der Waals surface area contributed by atoms with E-state index in [-0.39, 0.29) is 29.4 Å². The van der Waals surface area contributed by atoms with Gasteiger partial charge in [0.1, 0.15) is 5.58 Å². The molecule has 1 aliphatic heterocycles. The summed E-state index contributed by atoms with van der Waals surface area (Å²) in [4.78, 5) is 25.4.